The topological polar surface area (TPSA) is 89.6 Å². The van der Waals surface area contributed by atoms with Crippen LogP contribution in [0.5, 0.6) is 0 Å². The molecule has 0 spiro atoms. The van der Waals surface area contributed by atoms with Gasteiger partial charge >= 0.3 is 0 Å². The molecule has 0 bridgehead atoms. The van der Waals surface area contributed by atoms with E-state index in [4.69, 9.17) is 4.98 Å². The van der Waals surface area contributed by atoms with Crippen LogP contribution in [0.2, 0.25) is 0 Å². The maximum absolute atomic E-state index is 4.96. The van der Waals surface area contributed by atoms with Crippen molar-refractivity contribution < 1.29 is 0 Å². The van der Waals surface area contributed by atoms with Crippen LogP contribution in [-0.2, 0) is 0 Å². The molecule has 1 aliphatic rings. The molecule has 8 nitrogen and oxygen atoms in total. The van der Waals surface area contributed by atoms with E-state index in [0.717, 1.165) is 69.2 Å². The number of hydrogen-bond donors (Lipinski definition) is 2. The summed E-state index contributed by atoms with van der Waals surface area (Å²) in [7, 11) is 4.04. The largest absolute Gasteiger partial charge is 0.376 e. The molecule has 4 aromatic heterocycles. The van der Waals surface area contributed by atoms with Crippen LogP contribution < -0.4 is 9.80 Å². The SMILES string of the molecule is CN(C)c1cncc(-c2ccc3[nH]nc(-c4nc5c(N6CCCCC6)ccnc5[nH]4)c3c2)c1. The molecule has 0 atom stereocenters. The summed E-state index contributed by atoms with van der Waals surface area (Å²) < 4.78 is 0. The quantitative estimate of drug-likeness (QED) is 0.426. The average Bonchev–Trinajstić information content (AvgIpc) is 3.48. The van der Waals surface area contributed by atoms with E-state index in [1.807, 2.05) is 32.7 Å². The van der Waals surface area contributed by atoms with E-state index >= 15 is 0 Å². The fourth-order valence-electron chi connectivity index (χ4n) is 4.60. The smallest absolute Gasteiger partial charge is 0.161 e. The van der Waals surface area contributed by atoms with E-state index in [1.54, 1.807) is 0 Å². The van der Waals surface area contributed by atoms with Crippen LogP contribution in [0, 0.1) is 0 Å². The molecule has 1 aromatic carbocycles. The van der Waals surface area contributed by atoms with Crippen LogP contribution in [0.3, 0.4) is 0 Å². The Labute approximate surface area is 191 Å². The van der Waals surface area contributed by atoms with E-state index in [1.165, 1.54) is 19.3 Å². The van der Waals surface area contributed by atoms with Gasteiger partial charge in [-0.15, -0.1) is 0 Å². The van der Waals surface area contributed by atoms with Gasteiger partial charge in [0.05, 0.1) is 23.1 Å². The number of hydrogen-bond acceptors (Lipinski definition) is 6. The summed E-state index contributed by atoms with van der Waals surface area (Å²) in [6, 6.07) is 10.5. The van der Waals surface area contributed by atoms with Gasteiger partial charge in [-0.25, -0.2) is 9.97 Å². The van der Waals surface area contributed by atoms with Crippen LogP contribution in [0.25, 0.3) is 44.7 Å². The lowest BCUT2D eigenvalue weighted by molar-refractivity contribution is 0.578. The maximum Gasteiger partial charge on any atom is 0.161 e. The third-order valence-electron chi connectivity index (χ3n) is 6.42. The molecule has 8 heteroatoms. The van der Waals surface area contributed by atoms with Gasteiger partial charge in [0.15, 0.2) is 11.5 Å². The zero-order valence-corrected chi connectivity index (χ0v) is 18.8. The first-order valence-corrected chi connectivity index (χ1v) is 11.4. The number of pyridine rings is 2. The monoisotopic (exact) mass is 438 g/mol. The zero-order valence-electron chi connectivity index (χ0n) is 18.8. The van der Waals surface area contributed by atoms with E-state index in [2.05, 4.69) is 65.3 Å². The fourth-order valence-corrected chi connectivity index (χ4v) is 4.60. The maximum atomic E-state index is 4.96. The Morgan fingerprint density at radius 1 is 0.970 bits per heavy atom. The number of benzene rings is 1. The van der Waals surface area contributed by atoms with Crippen molar-refractivity contribution in [3.05, 3.63) is 48.9 Å². The van der Waals surface area contributed by atoms with Crippen LogP contribution >= 0.6 is 0 Å². The highest BCUT2D eigenvalue weighted by atomic mass is 15.2. The number of anilines is 2. The lowest BCUT2D eigenvalue weighted by atomic mass is 10.0. The van der Waals surface area contributed by atoms with Crippen LogP contribution in [0.4, 0.5) is 11.4 Å². The molecule has 2 N–H and O–H groups in total. The molecule has 0 amide bonds. The van der Waals surface area contributed by atoms with Gasteiger partial charge in [0.1, 0.15) is 11.2 Å². The number of aromatic amines is 2. The van der Waals surface area contributed by atoms with Crippen molar-refractivity contribution in [3.63, 3.8) is 0 Å². The van der Waals surface area contributed by atoms with Crippen molar-refractivity contribution in [2.75, 3.05) is 37.0 Å². The lowest BCUT2D eigenvalue weighted by Crippen LogP contribution is -2.29. The molecule has 0 unspecified atom stereocenters. The molecular formula is C25H26N8. The fraction of sp³-hybridized carbons (Fsp3) is 0.280. The second kappa shape index (κ2) is 7.88. The molecule has 0 radical (unpaired) electrons. The van der Waals surface area contributed by atoms with Gasteiger partial charge < -0.3 is 14.8 Å². The Bertz CT molecular complexity index is 1440. The lowest BCUT2D eigenvalue weighted by Gasteiger charge is -2.28. The minimum absolute atomic E-state index is 0.727. The van der Waals surface area contributed by atoms with Crippen molar-refractivity contribution >= 4 is 33.4 Å². The third-order valence-corrected chi connectivity index (χ3v) is 6.42. The van der Waals surface area contributed by atoms with Gasteiger partial charge in [0.25, 0.3) is 0 Å². The van der Waals surface area contributed by atoms with Crippen molar-refractivity contribution in [2.24, 2.45) is 0 Å². The minimum atomic E-state index is 0.727. The van der Waals surface area contributed by atoms with Crippen LogP contribution in [0.15, 0.2) is 48.9 Å². The highest BCUT2D eigenvalue weighted by Gasteiger charge is 2.19. The number of aromatic nitrogens is 6. The van der Waals surface area contributed by atoms with Gasteiger partial charge in [-0.05, 0) is 49.1 Å². The third kappa shape index (κ3) is 3.47. The summed E-state index contributed by atoms with van der Waals surface area (Å²) in [4.78, 5) is 21.8. The number of imidazole rings is 1. The number of rotatable bonds is 4. The van der Waals surface area contributed by atoms with Crippen molar-refractivity contribution in [1.82, 2.24) is 30.1 Å². The molecular weight excluding hydrogens is 412 g/mol. The molecule has 6 rings (SSSR count). The Hall–Kier alpha value is -3.94. The predicted molar refractivity (Wildman–Crippen MR) is 133 cm³/mol. The zero-order chi connectivity index (χ0) is 22.4. The first-order chi connectivity index (χ1) is 16.2. The van der Waals surface area contributed by atoms with Gasteiger partial charge in [-0.2, -0.15) is 5.10 Å². The van der Waals surface area contributed by atoms with Gasteiger partial charge in [0.2, 0.25) is 0 Å². The molecule has 5 aromatic rings. The number of H-pyrrole nitrogens is 2. The van der Waals surface area contributed by atoms with E-state index in [9.17, 15) is 0 Å². The minimum Gasteiger partial charge on any atom is -0.376 e. The summed E-state index contributed by atoms with van der Waals surface area (Å²) in [5.41, 5.74) is 7.83. The van der Waals surface area contributed by atoms with E-state index in [-0.39, 0.29) is 0 Å². The summed E-state index contributed by atoms with van der Waals surface area (Å²) in [5, 5.41) is 8.77. The van der Waals surface area contributed by atoms with Crippen LogP contribution in [-0.4, -0.2) is 57.3 Å². The first-order valence-electron chi connectivity index (χ1n) is 11.4. The van der Waals surface area contributed by atoms with E-state index < -0.39 is 0 Å². The van der Waals surface area contributed by atoms with Crippen molar-refractivity contribution in [3.8, 4) is 22.6 Å². The van der Waals surface area contributed by atoms with Gasteiger partial charge in [0, 0.05) is 50.5 Å². The average molecular weight is 439 g/mol. The second-order valence-corrected chi connectivity index (χ2v) is 8.82. The van der Waals surface area contributed by atoms with Gasteiger partial charge in [-0.1, -0.05) is 6.07 Å². The molecule has 1 saturated heterocycles. The van der Waals surface area contributed by atoms with E-state index in [0.29, 0.717) is 0 Å². The van der Waals surface area contributed by atoms with Gasteiger partial charge in [-0.3, -0.25) is 10.1 Å². The molecule has 1 fully saturated rings. The normalized spacial score (nSPS) is 14.3. The Balaban J connectivity index is 1.44. The molecule has 166 valence electrons. The Morgan fingerprint density at radius 3 is 2.70 bits per heavy atom. The predicted octanol–water partition coefficient (Wildman–Crippen LogP) is 4.62. The number of piperidine rings is 1. The van der Waals surface area contributed by atoms with Crippen molar-refractivity contribution in [2.45, 2.75) is 19.3 Å². The van der Waals surface area contributed by atoms with Crippen LogP contribution in [0.1, 0.15) is 19.3 Å². The highest BCUT2D eigenvalue weighted by molar-refractivity contribution is 5.96. The standard InChI is InChI=1S/C25H26N8/c1-32(2)18-12-17(14-26-15-18)16-6-7-20-19(13-16)22(31-30-20)25-28-23-21(8-9-27-24(23)29-25)33-10-4-3-5-11-33/h6-9,12-15H,3-5,10-11H2,1-2H3,(H,30,31)(H,27,28,29). The summed E-state index contributed by atoms with van der Waals surface area (Å²) in [6.45, 7) is 2.13. The Morgan fingerprint density at radius 2 is 1.85 bits per heavy atom. The second-order valence-electron chi connectivity index (χ2n) is 8.82. The molecule has 0 aliphatic carbocycles. The number of nitrogens with zero attached hydrogens (tertiary/aromatic N) is 6. The molecule has 0 saturated carbocycles. The number of nitrogens with one attached hydrogen (secondary N) is 2. The first kappa shape index (κ1) is 19.7. The molecule has 1 aliphatic heterocycles. The molecule has 33 heavy (non-hydrogen) atoms. The highest BCUT2D eigenvalue weighted by Crippen LogP contribution is 2.33. The number of fused-ring (bicyclic) bond motifs is 2. The summed E-state index contributed by atoms with van der Waals surface area (Å²) in [6.07, 6.45) is 9.36. The Kier molecular flexibility index (Phi) is 4.71. The van der Waals surface area contributed by atoms with Crippen molar-refractivity contribution in [1.29, 1.82) is 0 Å². The summed E-state index contributed by atoms with van der Waals surface area (Å²) in [5.74, 6) is 0.727. The summed E-state index contributed by atoms with van der Waals surface area (Å²) >= 11 is 0. The molecule has 5 heterocycles.